The molecular weight excluding hydrogens is 346 g/mol. The Balaban J connectivity index is 1.52. The fourth-order valence-electron chi connectivity index (χ4n) is 3.35. The van der Waals surface area contributed by atoms with Crippen LogP contribution in [0.5, 0.6) is 5.75 Å². The maximum Gasteiger partial charge on any atom is 0.328 e. The summed E-state index contributed by atoms with van der Waals surface area (Å²) < 4.78 is 6.04. The number of imidazole rings is 1. The number of H-pyrrole nitrogens is 1. The molecule has 1 unspecified atom stereocenters. The summed E-state index contributed by atoms with van der Waals surface area (Å²) in [7, 11) is 0. The number of nitrogens with one attached hydrogen (secondary N) is 1. The first-order valence-electron chi connectivity index (χ1n) is 8.76. The summed E-state index contributed by atoms with van der Waals surface area (Å²) in [4.78, 5) is 28.9. The number of para-hydroxylation sites is 1. The summed E-state index contributed by atoms with van der Waals surface area (Å²) in [6.07, 6.45) is 7.85. The van der Waals surface area contributed by atoms with Crippen LogP contribution < -0.4 is 9.64 Å². The van der Waals surface area contributed by atoms with Crippen LogP contribution >= 0.6 is 0 Å². The van der Waals surface area contributed by atoms with Crippen molar-refractivity contribution >= 4 is 29.0 Å². The molecular formula is C19H19N5O3. The minimum Gasteiger partial charge on any atom is -0.491 e. The summed E-state index contributed by atoms with van der Waals surface area (Å²) in [6.45, 7) is 1.37. The van der Waals surface area contributed by atoms with E-state index in [0.717, 1.165) is 42.4 Å². The van der Waals surface area contributed by atoms with Gasteiger partial charge in [-0.15, -0.1) is 0 Å². The van der Waals surface area contributed by atoms with Crippen molar-refractivity contribution in [2.24, 2.45) is 0 Å². The lowest BCUT2D eigenvalue weighted by Gasteiger charge is -2.26. The molecule has 0 radical (unpaired) electrons. The van der Waals surface area contributed by atoms with Gasteiger partial charge in [0.25, 0.3) is 0 Å². The predicted molar refractivity (Wildman–Crippen MR) is 101 cm³/mol. The first-order chi connectivity index (χ1) is 13.2. The smallest absolute Gasteiger partial charge is 0.328 e. The van der Waals surface area contributed by atoms with Crippen LogP contribution in [0.1, 0.15) is 18.4 Å². The van der Waals surface area contributed by atoms with Gasteiger partial charge in [0.2, 0.25) is 0 Å². The van der Waals surface area contributed by atoms with Gasteiger partial charge in [0.05, 0.1) is 12.4 Å². The minimum absolute atomic E-state index is 0.169. The molecule has 1 fully saturated rings. The van der Waals surface area contributed by atoms with E-state index in [-0.39, 0.29) is 6.04 Å². The zero-order valence-corrected chi connectivity index (χ0v) is 14.6. The van der Waals surface area contributed by atoms with Gasteiger partial charge in [-0.1, -0.05) is 18.2 Å². The highest BCUT2D eigenvalue weighted by Crippen LogP contribution is 2.29. The monoisotopic (exact) mass is 365 g/mol. The lowest BCUT2D eigenvalue weighted by atomic mass is 10.2. The Hall–Kier alpha value is -3.42. The fourth-order valence-corrected chi connectivity index (χ4v) is 3.35. The third-order valence-electron chi connectivity index (χ3n) is 4.61. The van der Waals surface area contributed by atoms with Crippen molar-refractivity contribution in [3.63, 3.8) is 0 Å². The van der Waals surface area contributed by atoms with Gasteiger partial charge in [-0.05, 0) is 25.0 Å². The molecule has 0 saturated carbocycles. The van der Waals surface area contributed by atoms with E-state index in [4.69, 9.17) is 9.84 Å². The first kappa shape index (κ1) is 17.0. The van der Waals surface area contributed by atoms with Gasteiger partial charge in [0.1, 0.15) is 24.2 Å². The number of carboxylic acids is 1. The Labute approximate surface area is 155 Å². The number of rotatable bonds is 6. The molecule has 2 aromatic heterocycles. The van der Waals surface area contributed by atoms with Gasteiger partial charge >= 0.3 is 5.97 Å². The van der Waals surface area contributed by atoms with E-state index in [0.29, 0.717) is 18.0 Å². The SMILES string of the molecule is O=C(O)C=Cc1ccccc1OCC1CCCN1c1ncnc2nc[nH]c12. The van der Waals surface area contributed by atoms with Gasteiger partial charge in [-0.2, -0.15) is 0 Å². The molecule has 0 aliphatic carbocycles. The maximum absolute atomic E-state index is 10.8. The number of aromatic nitrogens is 4. The van der Waals surface area contributed by atoms with E-state index in [2.05, 4.69) is 24.8 Å². The van der Waals surface area contributed by atoms with Crippen LogP contribution in [0.2, 0.25) is 0 Å². The topological polar surface area (TPSA) is 104 Å². The Morgan fingerprint density at radius 2 is 2.22 bits per heavy atom. The molecule has 1 aromatic carbocycles. The number of ether oxygens (including phenoxy) is 1. The van der Waals surface area contributed by atoms with E-state index < -0.39 is 5.97 Å². The van der Waals surface area contributed by atoms with Crippen LogP contribution in [-0.2, 0) is 4.79 Å². The number of carbonyl (C=O) groups is 1. The van der Waals surface area contributed by atoms with Gasteiger partial charge in [-0.3, -0.25) is 0 Å². The molecule has 0 spiro atoms. The van der Waals surface area contributed by atoms with E-state index in [1.54, 1.807) is 12.4 Å². The normalized spacial score (nSPS) is 17.0. The highest BCUT2D eigenvalue weighted by atomic mass is 16.5. The number of benzene rings is 1. The van der Waals surface area contributed by atoms with Crippen molar-refractivity contribution in [1.82, 2.24) is 19.9 Å². The van der Waals surface area contributed by atoms with Crippen molar-refractivity contribution in [3.8, 4) is 5.75 Å². The average molecular weight is 365 g/mol. The number of nitrogens with zero attached hydrogens (tertiary/aromatic N) is 4. The number of hydrogen-bond donors (Lipinski definition) is 2. The third-order valence-corrected chi connectivity index (χ3v) is 4.61. The number of anilines is 1. The second kappa shape index (κ2) is 7.45. The molecule has 8 nitrogen and oxygen atoms in total. The summed E-state index contributed by atoms with van der Waals surface area (Å²) >= 11 is 0. The maximum atomic E-state index is 10.8. The molecule has 8 heteroatoms. The van der Waals surface area contributed by atoms with Crippen LogP contribution in [0.4, 0.5) is 5.82 Å². The summed E-state index contributed by atoms with van der Waals surface area (Å²) in [6, 6.07) is 7.57. The molecule has 0 amide bonds. The average Bonchev–Trinajstić information content (AvgIpc) is 3.34. The molecule has 1 atom stereocenters. The van der Waals surface area contributed by atoms with E-state index in [1.165, 1.54) is 6.33 Å². The zero-order valence-electron chi connectivity index (χ0n) is 14.6. The number of aromatic amines is 1. The van der Waals surface area contributed by atoms with Crippen molar-refractivity contribution < 1.29 is 14.6 Å². The molecule has 2 N–H and O–H groups in total. The van der Waals surface area contributed by atoms with Crippen molar-refractivity contribution in [1.29, 1.82) is 0 Å². The molecule has 1 aliphatic rings. The van der Waals surface area contributed by atoms with Crippen molar-refractivity contribution in [3.05, 3.63) is 48.6 Å². The van der Waals surface area contributed by atoms with E-state index >= 15 is 0 Å². The Morgan fingerprint density at radius 1 is 1.33 bits per heavy atom. The third kappa shape index (κ3) is 3.59. The van der Waals surface area contributed by atoms with Crippen LogP contribution in [0, 0.1) is 0 Å². The largest absolute Gasteiger partial charge is 0.491 e. The zero-order chi connectivity index (χ0) is 18.6. The molecule has 3 heterocycles. The van der Waals surface area contributed by atoms with Crippen LogP contribution in [0.15, 0.2) is 43.0 Å². The molecule has 1 saturated heterocycles. The Morgan fingerprint density at radius 3 is 3.11 bits per heavy atom. The van der Waals surface area contributed by atoms with Crippen molar-refractivity contribution in [2.75, 3.05) is 18.1 Å². The summed E-state index contributed by atoms with van der Waals surface area (Å²) in [5.74, 6) is 0.512. The second-order valence-electron chi connectivity index (χ2n) is 6.31. The molecule has 27 heavy (non-hydrogen) atoms. The number of aliphatic carboxylic acids is 1. The lowest BCUT2D eigenvalue weighted by molar-refractivity contribution is -0.131. The van der Waals surface area contributed by atoms with Gasteiger partial charge in [0.15, 0.2) is 11.5 Å². The Bertz CT molecular complexity index is 984. The minimum atomic E-state index is -0.987. The predicted octanol–water partition coefficient (Wildman–Crippen LogP) is 2.50. The number of fused-ring (bicyclic) bond motifs is 1. The van der Waals surface area contributed by atoms with Gasteiger partial charge < -0.3 is 19.7 Å². The molecule has 1 aliphatic heterocycles. The lowest BCUT2D eigenvalue weighted by Crippen LogP contribution is -2.35. The molecule has 4 rings (SSSR count). The molecule has 138 valence electrons. The summed E-state index contributed by atoms with van der Waals surface area (Å²) in [5.41, 5.74) is 2.22. The quantitative estimate of drug-likeness (QED) is 0.647. The highest BCUT2D eigenvalue weighted by Gasteiger charge is 2.28. The Kier molecular flexibility index (Phi) is 4.69. The highest BCUT2D eigenvalue weighted by molar-refractivity contribution is 5.86. The summed E-state index contributed by atoms with van der Waals surface area (Å²) in [5, 5.41) is 8.84. The number of hydrogen-bond acceptors (Lipinski definition) is 6. The van der Waals surface area contributed by atoms with Crippen LogP contribution in [0.3, 0.4) is 0 Å². The standard InChI is InChI=1S/C19H19N5O3/c25-16(26)8-7-13-4-1-2-6-15(13)27-10-14-5-3-9-24(14)19-17-18(21-11-20-17)22-12-23-19/h1-2,4,6-8,11-12,14H,3,5,9-10H2,(H,25,26)(H,20,21,22,23). The molecule has 0 bridgehead atoms. The van der Waals surface area contributed by atoms with E-state index in [9.17, 15) is 4.79 Å². The van der Waals surface area contributed by atoms with Crippen molar-refractivity contribution in [2.45, 2.75) is 18.9 Å². The van der Waals surface area contributed by atoms with E-state index in [1.807, 2.05) is 24.3 Å². The van der Waals surface area contributed by atoms with Gasteiger partial charge in [0, 0.05) is 18.2 Å². The van der Waals surface area contributed by atoms with Crippen LogP contribution in [0.25, 0.3) is 17.2 Å². The number of carboxylic acid groups (broad SMARTS) is 1. The fraction of sp³-hybridized carbons (Fsp3) is 0.263. The second-order valence-corrected chi connectivity index (χ2v) is 6.31. The van der Waals surface area contributed by atoms with Gasteiger partial charge in [-0.25, -0.2) is 19.7 Å². The van der Waals surface area contributed by atoms with Crippen LogP contribution in [-0.4, -0.2) is 50.2 Å². The first-order valence-corrected chi connectivity index (χ1v) is 8.76. The molecule has 3 aromatic rings.